The number of hydrogen-bond acceptors (Lipinski definition) is 4. The molecule has 4 rings (SSSR count). The van der Waals surface area contributed by atoms with Gasteiger partial charge in [0.25, 0.3) is 0 Å². The Labute approximate surface area is 231 Å². The fourth-order valence-corrected chi connectivity index (χ4v) is 5.83. The van der Waals surface area contributed by atoms with Crippen molar-refractivity contribution < 1.29 is 14.3 Å². The second-order valence-electron chi connectivity index (χ2n) is 11.1. The highest BCUT2D eigenvalue weighted by Gasteiger charge is 2.34. The molecule has 0 saturated carbocycles. The fourth-order valence-electron chi connectivity index (χ4n) is 4.93. The van der Waals surface area contributed by atoms with Crippen molar-refractivity contribution in [3.05, 3.63) is 93.2 Å². The summed E-state index contributed by atoms with van der Waals surface area (Å²) in [7, 11) is 0. The zero-order valence-electron chi connectivity index (χ0n) is 23.1. The van der Waals surface area contributed by atoms with Crippen LogP contribution in [0.3, 0.4) is 0 Å². The van der Waals surface area contributed by atoms with Crippen LogP contribution in [0, 0.1) is 0 Å². The summed E-state index contributed by atoms with van der Waals surface area (Å²) < 4.78 is 5.72. The van der Waals surface area contributed by atoms with E-state index < -0.39 is 0 Å². The van der Waals surface area contributed by atoms with Crippen LogP contribution in [-0.2, 0) is 32.8 Å². The normalized spacial score (nSPS) is 15.3. The van der Waals surface area contributed by atoms with Crippen molar-refractivity contribution in [1.29, 1.82) is 0 Å². The Morgan fingerprint density at radius 2 is 1.79 bits per heavy atom. The van der Waals surface area contributed by atoms with Gasteiger partial charge in [-0.15, -0.1) is 11.3 Å². The number of rotatable bonds is 10. The largest absolute Gasteiger partial charge is 0.367 e. The van der Waals surface area contributed by atoms with Crippen molar-refractivity contribution in [2.45, 2.75) is 65.0 Å². The molecule has 1 aliphatic heterocycles. The topological polar surface area (TPSA) is 49.9 Å². The molecule has 202 valence electrons. The quantitative estimate of drug-likeness (QED) is 0.305. The standard InChI is InChI=1S/C32H40N2O3S/c1-5-6-18-33(30(36)23-37-22-24-10-8-7-9-11-24)21-29(35)34-19-16-28-27(17-20-38-28)31(34)25-12-14-26(15-13-25)32(2,3)4/h7-15,17,20,31H,5-6,16,18-19,21-23H2,1-4H3. The predicted octanol–water partition coefficient (Wildman–Crippen LogP) is 6.37. The summed E-state index contributed by atoms with van der Waals surface area (Å²) >= 11 is 1.76. The van der Waals surface area contributed by atoms with E-state index in [1.807, 2.05) is 35.2 Å². The molecule has 0 N–H and O–H groups in total. The van der Waals surface area contributed by atoms with Gasteiger partial charge >= 0.3 is 0 Å². The van der Waals surface area contributed by atoms with Gasteiger partial charge in [-0.1, -0.05) is 88.7 Å². The lowest BCUT2D eigenvalue weighted by atomic mass is 9.85. The minimum absolute atomic E-state index is 0.0146. The molecule has 1 unspecified atom stereocenters. The van der Waals surface area contributed by atoms with Gasteiger partial charge in [0.2, 0.25) is 11.8 Å². The van der Waals surface area contributed by atoms with Crippen LogP contribution in [-0.4, -0.2) is 47.9 Å². The zero-order valence-corrected chi connectivity index (χ0v) is 23.9. The van der Waals surface area contributed by atoms with Gasteiger partial charge in [-0.2, -0.15) is 0 Å². The van der Waals surface area contributed by atoms with Crippen molar-refractivity contribution in [1.82, 2.24) is 9.80 Å². The number of hydrogen-bond donors (Lipinski definition) is 0. The molecular formula is C32H40N2O3S. The van der Waals surface area contributed by atoms with Gasteiger partial charge in [0.15, 0.2) is 0 Å². The van der Waals surface area contributed by atoms with Gasteiger partial charge in [-0.05, 0) is 52.0 Å². The van der Waals surface area contributed by atoms with Crippen LogP contribution in [0.15, 0.2) is 66.0 Å². The van der Waals surface area contributed by atoms with Crippen LogP contribution in [0.25, 0.3) is 0 Å². The van der Waals surface area contributed by atoms with Crippen molar-refractivity contribution in [3.8, 4) is 0 Å². The first-order chi connectivity index (χ1) is 18.3. The number of ether oxygens (including phenoxy) is 1. The molecular weight excluding hydrogens is 492 g/mol. The summed E-state index contributed by atoms with van der Waals surface area (Å²) in [4.78, 5) is 31.9. The third-order valence-electron chi connectivity index (χ3n) is 7.18. The molecule has 2 aromatic carbocycles. The van der Waals surface area contributed by atoms with Gasteiger partial charge in [0, 0.05) is 18.0 Å². The Morgan fingerprint density at radius 3 is 2.47 bits per heavy atom. The van der Waals surface area contributed by atoms with E-state index in [0.29, 0.717) is 19.7 Å². The second-order valence-corrected chi connectivity index (χ2v) is 12.1. The number of benzene rings is 2. The van der Waals surface area contributed by atoms with Crippen LogP contribution >= 0.6 is 11.3 Å². The monoisotopic (exact) mass is 532 g/mol. The molecule has 0 fully saturated rings. The molecule has 1 aliphatic rings. The third-order valence-corrected chi connectivity index (χ3v) is 8.17. The Kier molecular flexibility index (Phi) is 9.40. The lowest BCUT2D eigenvalue weighted by Gasteiger charge is -2.38. The summed E-state index contributed by atoms with van der Waals surface area (Å²) in [6, 6.07) is 20.5. The smallest absolute Gasteiger partial charge is 0.249 e. The van der Waals surface area contributed by atoms with Crippen molar-refractivity contribution in [2.75, 3.05) is 26.2 Å². The number of fused-ring (bicyclic) bond motifs is 1. The van der Waals surface area contributed by atoms with E-state index in [0.717, 1.165) is 30.4 Å². The molecule has 38 heavy (non-hydrogen) atoms. The predicted molar refractivity (Wildman–Crippen MR) is 154 cm³/mol. The van der Waals surface area contributed by atoms with Crippen LogP contribution in [0.2, 0.25) is 0 Å². The molecule has 1 aromatic heterocycles. The molecule has 0 bridgehead atoms. The molecule has 0 aliphatic carbocycles. The maximum atomic E-state index is 13.8. The first kappa shape index (κ1) is 28.1. The maximum Gasteiger partial charge on any atom is 0.249 e. The minimum Gasteiger partial charge on any atom is -0.367 e. The Hall–Kier alpha value is -2.96. The molecule has 0 radical (unpaired) electrons. The first-order valence-corrected chi connectivity index (χ1v) is 14.5. The Morgan fingerprint density at radius 1 is 1.05 bits per heavy atom. The molecule has 0 saturated heterocycles. The minimum atomic E-state index is -0.137. The molecule has 3 aromatic rings. The molecule has 1 atom stereocenters. The molecule has 5 nitrogen and oxygen atoms in total. The number of amides is 2. The number of carbonyl (C=O) groups excluding carboxylic acids is 2. The Bertz CT molecular complexity index is 1200. The van der Waals surface area contributed by atoms with Gasteiger partial charge in [0.1, 0.15) is 6.61 Å². The van der Waals surface area contributed by atoms with Crippen LogP contribution in [0.1, 0.15) is 73.7 Å². The van der Waals surface area contributed by atoms with E-state index in [4.69, 9.17) is 4.74 Å². The molecule has 0 spiro atoms. The number of unbranched alkanes of at least 4 members (excludes halogenated alkanes) is 1. The van der Waals surface area contributed by atoms with E-state index in [1.165, 1.54) is 16.0 Å². The molecule has 2 heterocycles. The van der Waals surface area contributed by atoms with E-state index in [-0.39, 0.29) is 36.4 Å². The van der Waals surface area contributed by atoms with E-state index in [1.54, 1.807) is 16.2 Å². The molecule has 6 heteroatoms. The maximum absolute atomic E-state index is 13.8. The van der Waals surface area contributed by atoms with Crippen LogP contribution in [0.4, 0.5) is 0 Å². The van der Waals surface area contributed by atoms with E-state index >= 15 is 0 Å². The summed E-state index contributed by atoms with van der Waals surface area (Å²) in [5.74, 6) is -0.152. The summed E-state index contributed by atoms with van der Waals surface area (Å²) in [5, 5.41) is 2.12. The van der Waals surface area contributed by atoms with Gasteiger partial charge in [0.05, 0.1) is 19.2 Å². The average molecular weight is 533 g/mol. The van der Waals surface area contributed by atoms with Gasteiger partial charge in [-0.25, -0.2) is 0 Å². The highest BCUT2D eigenvalue weighted by atomic mass is 32.1. The van der Waals surface area contributed by atoms with Crippen molar-refractivity contribution >= 4 is 23.2 Å². The van der Waals surface area contributed by atoms with Crippen molar-refractivity contribution in [2.24, 2.45) is 0 Å². The Balaban J connectivity index is 1.49. The van der Waals surface area contributed by atoms with E-state index in [2.05, 4.69) is 63.4 Å². The van der Waals surface area contributed by atoms with Crippen LogP contribution in [0.5, 0.6) is 0 Å². The number of nitrogens with zero attached hydrogens (tertiary/aromatic N) is 2. The number of thiophene rings is 1. The first-order valence-electron chi connectivity index (χ1n) is 13.6. The van der Waals surface area contributed by atoms with Crippen LogP contribution < -0.4 is 0 Å². The number of carbonyl (C=O) groups is 2. The SMILES string of the molecule is CCCCN(CC(=O)N1CCc2sccc2C1c1ccc(C(C)(C)C)cc1)C(=O)COCc1ccccc1. The fraction of sp³-hybridized carbons (Fsp3) is 0.438. The van der Waals surface area contributed by atoms with E-state index in [9.17, 15) is 9.59 Å². The molecule has 2 amide bonds. The second kappa shape index (κ2) is 12.7. The lowest BCUT2D eigenvalue weighted by Crippen LogP contribution is -2.47. The average Bonchev–Trinajstić information content (AvgIpc) is 3.39. The highest BCUT2D eigenvalue weighted by Crippen LogP contribution is 2.38. The van der Waals surface area contributed by atoms with Gasteiger partial charge < -0.3 is 14.5 Å². The summed E-state index contributed by atoms with van der Waals surface area (Å²) in [6.45, 7) is 10.3. The van der Waals surface area contributed by atoms with Crippen molar-refractivity contribution in [3.63, 3.8) is 0 Å². The highest BCUT2D eigenvalue weighted by molar-refractivity contribution is 7.10. The third kappa shape index (κ3) is 6.91. The summed E-state index contributed by atoms with van der Waals surface area (Å²) in [5.41, 5.74) is 4.68. The summed E-state index contributed by atoms with van der Waals surface area (Å²) in [6.07, 6.45) is 2.65. The zero-order chi connectivity index (χ0) is 27.1. The lowest BCUT2D eigenvalue weighted by molar-refractivity contribution is -0.144. The van der Waals surface area contributed by atoms with Gasteiger partial charge in [-0.3, -0.25) is 9.59 Å².